The average Bonchev–Trinajstić information content (AvgIpc) is 2.83. The van der Waals surface area contributed by atoms with Gasteiger partial charge in [-0.15, -0.1) is 12.4 Å². The highest BCUT2D eigenvalue weighted by Crippen LogP contribution is 2.41. The molecule has 2 saturated heterocycles. The van der Waals surface area contributed by atoms with Crippen LogP contribution in [0.5, 0.6) is 0 Å². The summed E-state index contributed by atoms with van der Waals surface area (Å²) in [5.74, 6) is 0.218. The van der Waals surface area contributed by atoms with E-state index < -0.39 is 5.54 Å². The maximum Gasteiger partial charge on any atom is 0.242 e. The van der Waals surface area contributed by atoms with E-state index in [0.29, 0.717) is 5.41 Å². The molecule has 0 radical (unpaired) electrons. The van der Waals surface area contributed by atoms with Crippen molar-refractivity contribution in [2.24, 2.45) is 11.1 Å². The lowest BCUT2D eigenvalue weighted by Gasteiger charge is -2.37. The molecule has 3 rings (SSSR count). The van der Waals surface area contributed by atoms with Crippen molar-refractivity contribution in [2.45, 2.75) is 56.9 Å². The summed E-state index contributed by atoms with van der Waals surface area (Å²) in [6, 6.07) is 0. The topological polar surface area (TPSA) is 55.6 Å². The molecule has 0 bridgehead atoms. The predicted molar refractivity (Wildman–Crippen MR) is 80.9 cm³/mol. The normalized spacial score (nSPS) is 28.1. The highest BCUT2D eigenvalue weighted by atomic mass is 35.5. The molecule has 0 atom stereocenters. The van der Waals surface area contributed by atoms with Gasteiger partial charge in [0.1, 0.15) is 0 Å². The van der Waals surface area contributed by atoms with Gasteiger partial charge in [-0.25, -0.2) is 0 Å². The molecule has 1 saturated carbocycles. The van der Waals surface area contributed by atoms with Crippen LogP contribution in [0.15, 0.2) is 0 Å². The van der Waals surface area contributed by atoms with Crippen LogP contribution in [0.4, 0.5) is 0 Å². The summed E-state index contributed by atoms with van der Waals surface area (Å²) in [6.45, 7) is 3.53. The second kappa shape index (κ2) is 6.20. The van der Waals surface area contributed by atoms with Crippen LogP contribution in [0.25, 0.3) is 0 Å². The van der Waals surface area contributed by atoms with E-state index in [-0.39, 0.29) is 18.3 Å². The molecular weight excluding hydrogens is 276 g/mol. The van der Waals surface area contributed by atoms with Gasteiger partial charge in [0.05, 0.1) is 5.54 Å². The summed E-state index contributed by atoms with van der Waals surface area (Å²) in [5.41, 5.74) is 6.16. The van der Waals surface area contributed by atoms with Gasteiger partial charge < -0.3 is 15.4 Å². The maximum absolute atomic E-state index is 12.7. The molecule has 3 aliphatic rings. The highest BCUT2D eigenvalue weighted by molar-refractivity contribution is 5.86. The van der Waals surface area contributed by atoms with Crippen molar-refractivity contribution in [1.29, 1.82) is 0 Å². The molecule has 1 spiro atoms. The second-order valence-electron chi connectivity index (χ2n) is 6.81. The summed E-state index contributed by atoms with van der Waals surface area (Å²) in [6.07, 6.45) is 8.54. The van der Waals surface area contributed by atoms with Gasteiger partial charge in [-0.2, -0.15) is 0 Å². The molecule has 1 aliphatic carbocycles. The van der Waals surface area contributed by atoms with Crippen LogP contribution in [0.2, 0.25) is 0 Å². The van der Waals surface area contributed by atoms with E-state index >= 15 is 0 Å². The van der Waals surface area contributed by atoms with Crippen LogP contribution in [-0.4, -0.2) is 42.6 Å². The number of nitrogens with zero attached hydrogens (tertiary/aromatic N) is 1. The Morgan fingerprint density at radius 1 is 1.00 bits per heavy atom. The summed E-state index contributed by atoms with van der Waals surface area (Å²) < 4.78 is 5.46. The van der Waals surface area contributed by atoms with Crippen molar-refractivity contribution in [3.8, 4) is 0 Å². The molecule has 0 unspecified atom stereocenters. The van der Waals surface area contributed by atoms with Gasteiger partial charge in [-0.05, 0) is 37.5 Å². The standard InChI is InChI=1S/C15H26N2O2.ClH/c16-15(4-2-1-3-5-15)13(18)17-9-6-14(12-17)7-10-19-11-8-14;/h1-12,16H2;1H. The number of hydrogen-bond acceptors (Lipinski definition) is 3. The number of carbonyl (C=O) groups is 1. The number of hydrogen-bond donors (Lipinski definition) is 1. The molecule has 2 N–H and O–H groups in total. The van der Waals surface area contributed by atoms with Crippen LogP contribution in [0.3, 0.4) is 0 Å². The first kappa shape index (κ1) is 16.1. The van der Waals surface area contributed by atoms with Crippen LogP contribution in [0, 0.1) is 5.41 Å². The first-order valence-corrected chi connectivity index (χ1v) is 7.80. The predicted octanol–water partition coefficient (Wildman–Crippen LogP) is 2.10. The quantitative estimate of drug-likeness (QED) is 0.807. The van der Waals surface area contributed by atoms with Gasteiger partial charge in [0, 0.05) is 26.3 Å². The van der Waals surface area contributed by atoms with Gasteiger partial charge in [-0.1, -0.05) is 19.3 Å². The van der Waals surface area contributed by atoms with Crippen LogP contribution >= 0.6 is 12.4 Å². The molecule has 0 aromatic rings. The van der Waals surface area contributed by atoms with E-state index in [0.717, 1.165) is 71.2 Å². The van der Waals surface area contributed by atoms with Gasteiger partial charge in [0.25, 0.3) is 0 Å². The number of nitrogens with two attached hydrogens (primary N) is 1. The molecule has 3 fully saturated rings. The third-order valence-corrected chi connectivity index (χ3v) is 5.45. The third kappa shape index (κ3) is 2.97. The summed E-state index contributed by atoms with van der Waals surface area (Å²) in [5, 5.41) is 0. The molecule has 4 nitrogen and oxygen atoms in total. The lowest BCUT2D eigenvalue weighted by atomic mass is 9.79. The van der Waals surface area contributed by atoms with Crippen molar-refractivity contribution in [2.75, 3.05) is 26.3 Å². The monoisotopic (exact) mass is 302 g/mol. The molecular formula is C15H27ClN2O2. The Labute approximate surface area is 127 Å². The molecule has 0 aromatic heterocycles. The van der Waals surface area contributed by atoms with E-state index in [9.17, 15) is 4.79 Å². The van der Waals surface area contributed by atoms with E-state index in [1.807, 2.05) is 0 Å². The van der Waals surface area contributed by atoms with E-state index in [1.54, 1.807) is 0 Å². The minimum absolute atomic E-state index is 0. The summed E-state index contributed by atoms with van der Waals surface area (Å²) >= 11 is 0. The number of halogens is 1. The first-order valence-electron chi connectivity index (χ1n) is 7.80. The Bertz CT molecular complexity index is 350. The Balaban J connectivity index is 0.00000147. The molecule has 1 amide bonds. The van der Waals surface area contributed by atoms with Gasteiger partial charge in [0.15, 0.2) is 0 Å². The Hall–Kier alpha value is -0.320. The van der Waals surface area contributed by atoms with E-state index in [2.05, 4.69) is 4.90 Å². The Morgan fingerprint density at radius 3 is 2.30 bits per heavy atom. The highest BCUT2D eigenvalue weighted by Gasteiger charge is 2.45. The van der Waals surface area contributed by atoms with Crippen LogP contribution in [-0.2, 0) is 9.53 Å². The van der Waals surface area contributed by atoms with Crippen molar-refractivity contribution >= 4 is 18.3 Å². The molecule has 0 aromatic carbocycles. The number of likely N-dealkylation sites (tertiary alicyclic amines) is 1. The average molecular weight is 303 g/mol. The van der Waals surface area contributed by atoms with E-state index in [1.165, 1.54) is 6.42 Å². The summed E-state index contributed by atoms with van der Waals surface area (Å²) in [7, 11) is 0. The van der Waals surface area contributed by atoms with E-state index in [4.69, 9.17) is 10.5 Å². The van der Waals surface area contributed by atoms with Crippen LogP contribution < -0.4 is 5.73 Å². The van der Waals surface area contributed by atoms with Gasteiger partial charge >= 0.3 is 0 Å². The van der Waals surface area contributed by atoms with Gasteiger partial charge in [0.2, 0.25) is 5.91 Å². The largest absolute Gasteiger partial charge is 0.381 e. The zero-order chi connectivity index (χ0) is 13.3. The van der Waals surface area contributed by atoms with Crippen LogP contribution in [0.1, 0.15) is 51.4 Å². The minimum atomic E-state index is -0.561. The Kier molecular flexibility index (Phi) is 4.98. The fourth-order valence-electron chi connectivity index (χ4n) is 4.03. The van der Waals surface area contributed by atoms with Crippen molar-refractivity contribution in [3.63, 3.8) is 0 Å². The van der Waals surface area contributed by atoms with Gasteiger partial charge in [-0.3, -0.25) is 4.79 Å². The minimum Gasteiger partial charge on any atom is -0.381 e. The zero-order valence-electron chi connectivity index (χ0n) is 12.2. The lowest BCUT2D eigenvalue weighted by molar-refractivity contribution is -0.137. The second-order valence-corrected chi connectivity index (χ2v) is 6.81. The Morgan fingerprint density at radius 2 is 1.65 bits per heavy atom. The van der Waals surface area contributed by atoms with Crippen molar-refractivity contribution < 1.29 is 9.53 Å². The molecule has 116 valence electrons. The number of amides is 1. The molecule has 20 heavy (non-hydrogen) atoms. The summed E-state index contributed by atoms with van der Waals surface area (Å²) in [4.78, 5) is 14.8. The maximum atomic E-state index is 12.7. The zero-order valence-corrected chi connectivity index (χ0v) is 13.1. The first-order chi connectivity index (χ1) is 9.14. The fourth-order valence-corrected chi connectivity index (χ4v) is 4.03. The molecule has 2 heterocycles. The smallest absolute Gasteiger partial charge is 0.242 e. The van der Waals surface area contributed by atoms with Crippen molar-refractivity contribution in [3.05, 3.63) is 0 Å². The van der Waals surface area contributed by atoms with Crippen molar-refractivity contribution in [1.82, 2.24) is 4.90 Å². The number of rotatable bonds is 1. The SMILES string of the molecule is Cl.NC1(C(=O)N2CCC3(CCOCC3)C2)CCCCC1. The lowest BCUT2D eigenvalue weighted by Crippen LogP contribution is -2.56. The molecule has 5 heteroatoms. The molecule has 2 aliphatic heterocycles. The number of carbonyl (C=O) groups excluding carboxylic acids is 1. The number of ether oxygens (including phenoxy) is 1. The third-order valence-electron chi connectivity index (χ3n) is 5.45. The fraction of sp³-hybridized carbons (Fsp3) is 0.933.